The van der Waals surface area contributed by atoms with Gasteiger partial charge in [0, 0.05) is 6.04 Å². The highest BCUT2D eigenvalue weighted by Crippen LogP contribution is 2.30. The van der Waals surface area contributed by atoms with Crippen LogP contribution in [-0.2, 0) is 0 Å². The minimum Gasteiger partial charge on any atom is -0.396 e. The summed E-state index contributed by atoms with van der Waals surface area (Å²) < 4.78 is 0. The number of amides is 1. The van der Waals surface area contributed by atoms with Crippen molar-refractivity contribution in [2.75, 3.05) is 11.1 Å². The number of carbonyl (C=O) groups is 1. The van der Waals surface area contributed by atoms with Crippen molar-refractivity contribution in [3.8, 4) is 0 Å². The molecular weight excluding hydrogens is 238 g/mol. The van der Waals surface area contributed by atoms with E-state index in [1.807, 2.05) is 12.1 Å². The molecule has 0 radical (unpaired) electrons. The van der Waals surface area contributed by atoms with Crippen LogP contribution < -0.4 is 16.8 Å². The highest BCUT2D eigenvalue weighted by Gasteiger charge is 2.20. The maximum Gasteiger partial charge on any atom is 0.250 e. The first-order chi connectivity index (χ1) is 9.11. The number of nitrogen functional groups attached to an aromatic ring is 1. The van der Waals surface area contributed by atoms with Crippen molar-refractivity contribution < 1.29 is 4.79 Å². The predicted molar refractivity (Wildman–Crippen MR) is 79.0 cm³/mol. The first kappa shape index (κ1) is 13.7. The van der Waals surface area contributed by atoms with Gasteiger partial charge >= 0.3 is 0 Å². The first-order valence-electron chi connectivity index (χ1n) is 7.06. The zero-order valence-electron chi connectivity index (χ0n) is 11.5. The predicted octanol–water partition coefficient (Wildman–Crippen LogP) is 2.75. The molecule has 1 amide bonds. The Kier molecular flexibility index (Phi) is 4.30. The molecule has 0 saturated heterocycles. The Morgan fingerprint density at radius 1 is 1.32 bits per heavy atom. The molecule has 104 valence electrons. The van der Waals surface area contributed by atoms with Crippen LogP contribution in [0.5, 0.6) is 0 Å². The highest BCUT2D eigenvalue weighted by atomic mass is 16.1. The minimum atomic E-state index is -0.476. The van der Waals surface area contributed by atoms with Crippen LogP contribution in [0.1, 0.15) is 49.4 Å². The van der Waals surface area contributed by atoms with Crippen molar-refractivity contribution in [2.45, 2.75) is 45.1 Å². The molecule has 0 aliphatic heterocycles. The van der Waals surface area contributed by atoms with Crippen LogP contribution in [0.25, 0.3) is 0 Å². The highest BCUT2D eigenvalue weighted by molar-refractivity contribution is 6.00. The van der Waals surface area contributed by atoms with E-state index in [1.165, 1.54) is 32.1 Å². The van der Waals surface area contributed by atoms with E-state index in [1.54, 1.807) is 6.07 Å². The molecule has 0 aromatic heterocycles. The summed E-state index contributed by atoms with van der Waals surface area (Å²) >= 11 is 0. The second-order valence-electron chi connectivity index (χ2n) is 5.40. The van der Waals surface area contributed by atoms with Gasteiger partial charge in [-0.3, -0.25) is 4.79 Å². The molecule has 4 nitrogen and oxygen atoms in total. The molecule has 0 spiro atoms. The number of primary amides is 1. The fraction of sp³-hybridized carbons (Fsp3) is 0.533. The fourth-order valence-corrected chi connectivity index (χ4v) is 2.84. The molecule has 4 heteroatoms. The summed E-state index contributed by atoms with van der Waals surface area (Å²) in [5.74, 6) is 0.392. The summed E-state index contributed by atoms with van der Waals surface area (Å²) in [6.07, 6.45) is 6.14. The van der Waals surface area contributed by atoms with Gasteiger partial charge in [0.25, 0.3) is 5.91 Å². The Morgan fingerprint density at radius 3 is 2.58 bits per heavy atom. The number of para-hydroxylation sites is 1. The Bertz CT molecular complexity index is 451. The van der Waals surface area contributed by atoms with Crippen LogP contribution in [0.2, 0.25) is 0 Å². The number of carbonyl (C=O) groups excluding carboxylic acids is 1. The normalized spacial score (nSPS) is 23.0. The SMILES string of the molecule is CCC1CCC(Nc2cccc(C(N)=O)c2N)CC1. The van der Waals surface area contributed by atoms with Crippen molar-refractivity contribution in [3.05, 3.63) is 23.8 Å². The van der Waals surface area contributed by atoms with Gasteiger partial charge in [0.1, 0.15) is 0 Å². The second kappa shape index (κ2) is 5.95. The molecule has 19 heavy (non-hydrogen) atoms. The number of hydrogen-bond acceptors (Lipinski definition) is 3. The summed E-state index contributed by atoms with van der Waals surface area (Å²) in [5.41, 5.74) is 13.0. The van der Waals surface area contributed by atoms with Gasteiger partial charge in [-0.1, -0.05) is 19.4 Å². The average molecular weight is 261 g/mol. The summed E-state index contributed by atoms with van der Waals surface area (Å²) in [6.45, 7) is 2.26. The van der Waals surface area contributed by atoms with Crippen molar-refractivity contribution >= 4 is 17.3 Å². The maximum atomic E-state index is 11.3. The van der Waals surface area contributed by atoms with Crippen LogP contribution in [0.4, 0.5) is 11.4 Å². The Morgan fingerprint density at radius 2 is 2.00 bits per heavy atom. The standard InChI is InChI=1S/C15H23N3O/c1-2-10-6-8-11(9-7-10)18-13-5-3-4-12(14(13)16)15(17)19/h3-5,10-11,18H,2,6-9,16H2,1H3,(H2,17,19). The summed E-state index contributed by atoms with van der Waals surface area (Å²) in [4.78, 5) is 11.3. The van der Waals surface area contributed by atoms with E-state index in [9.17, 15) is 4.79 Å². The molecule has 0 atom stereocenters. The van der Waals surface area contributed by atoms with Crippen LogP contribution >= 0.6 is 0 Å². The van der Waals surface area contributed by atoms with Crippen molar-refractivity contribution in [2.24, 2.45) is 11.7 Å². The van der Waals surface area contributed by atoms with Gasteiger partial charge in [-0.2, -0.15) is 0 Å². The van der Waals surface area contributed by atoms with Crippen LogP contribution in [0, 0.1) is 5.92 Å². The molecule has 0 heterocycles. The topological polar surface area (TPSA) is 81.1 Å². The van der Waals surface area contributed by atoms with Crippen molar-refractivity contribution in [1.82, 2.24) is 0 Å². The van der Waals surface area contributed by atoms with E-state index < -0.39 is 5.91 Å². The lowest BCUT2D eigenvalue weighted by Crippen LogP contribution is -2.26. The lowest BCUT2D eigenvalue weighted by Gasteiger charge is -2.29. The van der Waals surface area contributed by atoms with Gasteiger partial charge in [-0.25, -0.2) is 0 Å². The van der Waals surface area contributed by atoms with Gasteiger partial charge in [-0.15, -0.1) is 0 Å². The Hall–Kier alpha value is -1.71. The average Bonchev–Trinajstić information content (AvgIpc) is 2.41. The molecule has 1 fully saturated rings. The van der Waals surface area contributed by atoms with Gasteiger partial charge in [0.05, 0.1) is 16.9 Å². The molecule has 1 aliphatic rings. The largest absolute Gasteiger partial charge is 0.396 e. The van der Waals surface area contributed by atoms with Crippen molar-refractivity contribution in [1.29, 1.82) is 0 Å². The van der Waals surface area contributed by atoms with E-state index in [0.717, 1.165) is 11.6 Å². The molecule has 5 N–H and O–H groups in total. The number of anilines is 2. The maximum absolute atomic E-state index is 11.3. The van der Waals surface area contributed by atoms with Gasteiger partial charge < -0.3 is 16.8 Å². The summed E-state index contributed by atoms with van der Waals surface area (Å²) in [7, 11) is 0. The van der Waals surface area contributed by atoms with E-state index >= 15 is 0 Å². The molecule has 0 bridgehead atoms. The number of nitrogens with one attached hydrogen (secondary N) is 1. The van der Waals surface area contributed by atoms with Crippen molar-refractivity contribution in [3.63, 3.8) is 0 Å². The third-order valence-corrected chi connectivity index (χ3v) is 4.16. The molecule has 1 aromatic rings. The zero-order valence-corrected chi connectivity index (χ0v) is 11.5. The molecule has 1 saturated carbocycles. The molecule has 0 unspecified atom stereocenters. The quantitative estimate of drug-likeness (QED) is 0.729. The fourth-order valence-electron chi connectivity index (χ4n) is 2.84. The van der Waals surface area contributed by atoms with E-state index in [4.69, 9.17) is 11.5 Å². The zero-order chi connectivity index (χ0) is 13.8. The third kappa shape index (κ3) is 3.19. The van der Waals surface area contributed by atoms with Crippen LogP contribution in [0.15, 0.2) is 18.2 Å². The van der Waals surface area contributed by atoms with Gasteiger partial charge in [0.2, 0.25) is 0 Å². The second-order valence-corrected chi connectivity index (χ2v) is 5.40. The molecule has 1 aliphatic carbocycles. The summed E-state index contributed by atoms with van der Waals surface area (Å²) in [5, 5.41) is 3.46. The number of rotatable bonds is 4. The summed E-state index contributed by atoms with van der Waals surface area (Å²) in [6, 6.07) is 5.84. The Balaban J connectivity index is 2.04. The lowest BCUT2D eigenvalue weighted by atomic mass is 9.84. The van der Waals surface area contributed by atoms with E-state index in [2.05, 4.69) is 12.2 Å². The van der Waals surface area contributed by atoms with Gasteiger partial charge in [-0.05, 0) is 43.7 Å². The molecular formula is C15H23N3O. The molecule has 2 rings (SSSR count). The number of hydrogen-bond donors (Lipinski definition) is 3. The van der Waals surface area contributed by atoms with Crippen LogP contribution in [0.3, 0.4) is 0 Å². The third-order valence-electron chi connectivity index (χ3n) is 4.16. The smallest absolute Gasteiger partial charge is 0.250 e. The molecule has 1 aromatic carbocycles. The lowest BCUT2D eigenvalue weighted by molar-refractivity contribution is 0.100. The number of benzene rings is 1. The van der Waals surface area contributed by atoms with Crippen LogP contribution in [-0.4, -0.2) is 11.9 Å². The minimum absolute atomic E-state index is 0.396. The first-order valence-corrected chi connectivity index (χ1v) is 7.06. The van der Waals surface area contributed by atoms with Gasteiger partial charge in [0.15, 0.2) is 0 Å². The number of nitrogens with two attached hydrogens (primary N) is 2. The monoisotopic (exact) mass is 261 g/mol. The Labute approximate surface area is 114 Å². The van der Waals surface area contributed by atoms with E-state index in [-0.39, 0.29) is 0 Å². The van der Waals surface area contributed by atoms with E-state index in [0.29, 0.717) is 17.3 Å².